The zero-order chi connectivity index (χ0) is 15.2. The monoisotopic (exact) mass is 289 g/mol. The van der Waals surface area contributed by atoms with Gasteiger partial charge in [0.1, 0.15) is 0 Å². The van der Waals surface area contributed by atoms with E-state index < -0.39 is 5.97 Å². The van der Waals surface area contributed by atoms with Gasteiger partial charge in [-0.05, 0) is 49.5 Å². The number of aliphatic hydroxyl groups excluding tert-OH is 1. The molecule has 1 aromatic rings. The van der Waals surface area contributed by atoms with Gasteiger partial charge in [0.2, 0.25) is 0 Å². The summed E-state index contributed by atoms with van der Waals surface area (Å²) in [5.41, 5.74) is 1.28. The molecule has 0 aromatic heterocycles. The van der Waals surface area contributed by atoms with Gasteiger partial charge in [-0.15, -0.1) is 0 Å². The molecule has 1 aliphatic carbocycles. The number of carbonyl (C=O) groups is 2. The van der Waals surface area contributed by atoms with E-state index in [1.165, 1.54) is 6.08 Å². The second kappa shape index (κ2) is 7.04. The van der Waals surface area contributed by atoms with Gasteiger partial charge in [0.25, 0.3) is 5.91 Å². The van der Waals surface area contributed by atoms with Crippen molar-refractivity contribution in [2.24, 2.45) is 0 Å². The van der Waals surface area contributed by atoms with Gasteiger partial charge in [-0.25, -0.2) is 4.79 Å². The second-order valence-electron chi connectivity index (χ2n) is 5.27. The summed E-state index contributed by atoms with van der Waals surface area (Å²) in [6, 6.07) is 6.88. The van der Waals surface area contributed by atoms with Crippen LogP contribution in [0.3, 0.4) is 0 Å². The lowest BCUT2D eigenvalue weighted by atomic mass is 9.93. The summed E-state index contributed by atoms with van der Waals surface area (Å²) in [6.07, 6.45) is 5.35. The van der Waals surface area contributed by atoms with Crippen molar-refractivity contribution in [2.75, 3.05) is 0 Å². The Morgan fingerprint density at radius 1 is 1.10 bits per heavy atom. The van der Waals surface area contributed by atoms with Crippen molar-refractivity contribution in [3.8, 4) is 0 Å². The van der Waals surface area contributed by atoms with Gasteiger partial charge in [-0.2, -0.15) is 0 Å². The molecule has 1 amide bonds. The molecular weight excluding hydrogens is 270 g/mol. The maximum atomic E-state index is 12.1. The summed E-state index contributed by atoms with van der Waals surface area (Å²) >= 11 is 0. The van der Waals surface area contributed by atoms with E-state index in [2.05, 4.69) is 5.32 Å². The Hall–Kier alpha value is -2.14. The normalized spacial score (nSPS) is 22.1. The third-order valence-electron chi connectivity index (χ3n) is 3.62. The Kier molecular flexibility index (Phi) is 5.11. The van der Waals surface area contributed by atoms with Gasteiger partial charge in [-0.1, -0.05) is 12.1 Å². The number of carbonyl (C=O) groups excluding carboxylic acids is 1. The SMILES string of the molecule is O=C(O)C=Cc1ccc(C(=O)NC2CCC(O)CC2)cc1. The van der Waals surface area contributed by atoms with Crippen LogP contribution >= 0.6 is 0 Å². The number of carboxylic acid groups (broad SMARTS) is 1. The van der Waals surface area contributed by atoms with Crippen LogP contribution in [0.4, 0.5) is 0 Å². The Morgan fingerprint density at radius 3 is 2.29 bits per heavy atom. The van der Waals surface area contributed by atoms with E-state index in [9.17, 15) is 14.7 Å². The number of amides is 1. The van der Waals surface area contributed by atoms with E-state index in [4.69, 9.17) is 5.11 Å². The first kappa shape index (κ1) is 15.3. The molecule has 0 bridgehead atoms. The van der Waals surface area contributed by atoms with E-state index in [0.29, 0.717) is 5.56 Å². The van der Waals surface area contributed by atoms with Crippen LogP contribution in [0.5, 0.6) is 0 Å². The van der Waals surface area contributed by atoms with Crippen molar-refractivity contribution in [1.82, 2.24) is 5.32 Å². The van der Waals surface area contributed by atoms with Gasteiger partial charge < -0.3 is 15.5 Å². The Balaban J connectivity index is 1.92. The van der Waals surface area contributed by atoms with Gasteiger partial charge in [-0.3, -0.25) is 4.79 Å². The lowest BCUT2D eigenvalue weighted by Gasteiger charge is -2.26. The van der Waals surface area contributed by atoms with Crippen LogP contribution in [0.15, 0.2) is 30.3 Å². The molecule has 0 spiro atoms. The minimum Gasteiger partial charge on any atom is -0.478 e. The maximum Gasteiger partial charge on any atom is 0.328 e. The first-order valence-corrected chi connectivity index (χ1v) is 7.04. The van der Waals surface area contributed by atoms with Crippen molar-refractivity contribution in [3.63, 3.8) is 0 Å². The van der Waals surface area contributed by atoms with Gasteiger partial charge in [0.15, 0.2) is 0 Å². The third-order valence-corrected chi connectivity index (χ3v) is 3.62. The smallest absolute Gasteiger partial charge is 0.328 e. The first-order chi connectivity index (χ1) is 10.0. The molecule has 0 unspecified atom stereocenters. The second-order valence-corrected chi connectivity index (χ2v) is 5.27. The van der Waals surface area contributed by atoms with E-state index >= 15 is 0 Å². The Labute approximate surface area is 123 Å². The number of carboxylic acids is 1. The molecule has 1 aliphatic rings. The van der Waals surface area contributed by atoms with Crippen LogP contribution in [-0.2, 0) is 4.79 Å². The van der Waals surface area contributed by atoms with Crippen molar-refractivity contribution < 1.29 is 19.8 Å². The molecule has 1 saturated carbocycles. The topological polar surface area (TPSA) is 86.6 Å². The van der Waals surface area contributed by atoms with Crippen molar-refractivity contribution >= 4 is 18.0 Å². The van der Waals surface area contributed by atoms with Crippen LogP contribution < -0.4 is 5.32 Å². The standard InChI is InChI=1S/C16H19NO4/c18-14-8-6-13(7-9-14)17-16(21)12-4-1-11(2-5-12)3-10-15(19)20/h1-5,10,13-14,18H,6-9H2,(H,17,21)(H,19,20). The lowest BCUT2D eigenvalue weighted by molar-refractivity contribution is -0.131. The molecule has 2 rings (SSSR count). The van der Waals surface area contributed by atoms with Crippen LogP contribution in [0.1, 0.15) is 41.6 Å². The number of rotatable bonds is 4. The quantitative estimate of drug-likeness (QED) is 0.738. The van der Waals surface area contributed by atoms with Crippen LogP contribution in [-0.4, -0.2) is 34.2 Å². The maximum absolute atomic E-state index is 12.1. The zero-order valence-electron chi connectivity index (χ0n) is 11.7. The highest BCUT2D eigenvalue weighted by Crippen LogP contribution is 2.18. The van der Waals surface area contributed by atoms with Gasteiger partial charge >= 0.3 is 5.97 Å². The lowest BCUT2D eigenvalue weighted by Crippen LogP contribution is -2.38. The summed E-state index contributed by atoms with van der Waals surface area (Å²) in [6.45, 7) is 0. The molecule has 1 fully saturated rings. The average Bonchev–Trinajstić information content (AvgIpc) is 2.48. The predicted octanol–water partition coefficient (Wildman–Crippen LogP) is 1.82. The fraction of sp³-hybridized carbons (Fsp3) is 0.375. The molecule has 3 N–H and O–H groups in total. The minimum absolute atomic E-state index is 0.118. The predicted molar refractivity (Wildman–Crippen MR) is 78.8 cm³/mol. The average molecular weight is 289 g/mol. The Morgan fingerprint density at radius 2 is 1.71 bits per heavy atom. The number of nitrogens with one attached hydrogen (secondary N) is 1. The third kappa shape index (κ3) is 4.72. The number of benzene rings is 1. The van der Waals surface area contributed by atoms with Crippen molar-refractivity contribution in [1.29, 1.82) is 0 Å². The summed E-state index contributed by atoms with van der Waals surface area (Å²) in [5.74, 6) is -1.14. The largest absolute Gasteiger partial charge is 0.478 e. The highest BCUT2D eigenvalue weighted by molar-refractivity contribution is 5.94. The molecule has 0 aliphatic heterocycles. The highest BCUT2D eigenvalue weighted by atomic mass is 16.4. The van der Waals surface area contributed by atoms with E-state index in [1.807, 2.05) is 0 Å². The van der Waals surface area contributed by atoms with Crippen molar-refractivity contribution in [3.05, 3.63) is 41.5 Å². The fourth-order valence-corrected chi connectivity index (χ4v) is 2.40. The molecule has 0 atom stereocenters. The summed E-state index contributed by atoms with van der Waals surface area (Å²) in [5, 5.41) is 21.0. The van der Waals surface area contributed by atoms with Gasteiger partial charge in [0.05, 0.1) is 6.10 Å². The van der Waals surface area contributed by atoms with E-state index in [-0.39, 0.29) is 18.1 Å². The number of hydrogen-bond donors (Lipinski definition) is 3. The Bertz CT molecular complexity index is 528. The molecule has 21 heavy (non-hydrogen) atoms. The molecule has 5 heteroatoms. The molecular formula is C16H19NO4. The molecule has 112 valence electrons. The zero-order valence-corrected chi connectivity index (χ0v) is 11.7. The summed E-state index contributed by atoms with van der Waals surface area (Å²) < 4.78 is 0. The van der Waals surface area contributed by atoms with Crippen molar-refractivity contribution in [2.45, 2.75) is 37.8 Å². The number of hydrogen-bond acceptors (Lipinski definition) is 3. The molecule has 0 saturated heterocycles. The molecule has 1 aromatic carbocycles. The number of aliphatic hydroxyl groups is 1. The van der Waals surface area contributed by atoms with E-state index in [1.54, 1.807) is 24.3 Å². The van der Waals surface area contributed by atoms with Crippen LogP contribution in [0.25, 0.3) is 6.08 Å². The van der Waals surface area contributed by atoms with Gasteiger partial charge in [0, 0.05) is 17.7 Å². The molecule has 0 radical (unpaired) electrons. The summed E-state index contributed by atoms with van der Waals surface area (Å²) in [4.78, 5) is 22.5. The summed E-state index contributed by atoms with van der Waals surface area (Å²) in [7, 11) is 0. The molecule has 5 nitrogen and oxygen atoms in total. The van der Waals surface area contributed by atoms with Crippen LogP contribution in [0.2, 0.25) is 0 Å². The van der Waals surface area contributed by atoms with Crippen LogP contribution in [0, 0.1) is 0 Å². The minimum atomic E-state index is -1.00. The first-order valence-electron chi connectivity index (χ1n) is 7.04. The number of aliphatic carboxylic acids is 1. The molecule has 0 heterocycles. The van der Waals surface area contributed by atoms with E-state index in [0.717, 1.165) is 37.3 Å². The highest BCUT2D eigenvalue weighted by Gasteiger charge is 2.21. The fourth-order valence-electron chi connectivity index (χ4n) is 2.40.